The number of methoxy groups -OCH3 is 1. The van der Waals surface area contributed by atoms with Crippen molar-refractivity contribution in [3.05, 3.63) is 48.0 Å². The Hall–Kier alpha value is -1.77. The number of carbonyl (C=O) groups is 1. The quantitative estimate of drug-likeness (QED) is 0.656. The highest BCUT2D eigenvalue weighted by atomic mass is 16.5. The van der Waals surface area contributed by atoms with E-state index in [0.29, 0.717) is 6.54 Å². The molecule has 2 rings (SSSR count). The van der Waals surface area contributed by atoms with Crippen molar-refractivity contribution >= 4 is 6.09 Å². The summed E-state index contributed by atoms with van der Waals surface area (Å²) in [6, 6.07) is 9.93. The molecular formula is C12H13NO2. The molecule has 0 aliphatic carbocycles. The van der Waals surface area contributed by atoms with Gasteiger partial charge in [-0.15, -0.1) is 0 Å². The predicted molar refractivity (Wildman–Crippen MR) is 57.4 cm³/mol. The Morgan fingerprint density at radius 1 is 1.40 bits per heavy atom. The van der Waals surface area contributed by atoms with Crippen molar-refractivity contribution in [2.75, 3.05) is 13.7 Å². The third kappa shape index (κ3) is 1.86. The highest BCUT2D eigenvalue weighted by Crippen LogP contribution is 2.26. The SMILES string of the molecule is COC(=O)N1CC=CC1c1ccccc1. The summed E-state index contributed by atoms with van der Waals surface area (Å²) in [6.45, 7) is 0.617. The number of hydrogen-bond acceptors (Lipinski definition) is 2. The van der Waals surface area contributed by atoms with Crippen molar-refractivity contribution in [2.24, 2.45) is 0 Å². The molecule has 0 bridgehead atoms. The lowest BCUT2D eigenvalue weighted by Gasteiger charge is -2.23. The zero-order valence-electron chi connectivity index (χ0n) is 8.59. The Bertz CT molecular complexity index is 372. The lowest BCUT2D eigenvalue weighted by molar-refractivity contribution is 0.122. The van der Waals surface area contributed by atoms with Crippen LogP contribution in [0.4, 0.5) is 4.79 Å². The topological polar surface area (TPSA) is 29.5 Å². The molecular weight excluding hydrogens is 190 g/mol. The van der Waals surface area contributed by atoms with E-state index in [9.17, 15) is 4.79 Å². The molecule has 0 saturated heterocycles. The van der Waals surface area contributed by atoms with Crippen LogP contribution in [0.3, 0.4) is 0 Å². The first-order valence-corrected chi connectivity index (χ1v) is 4.89. The van der Waals surface area contributed by atoms with E-state index >= 15 is 0 Å². The second-order valence-electron chi connectivity index (χ2n) is 3.41. The maximum absolute atomic E-state index is 11.5. The van der Waals surface area contributed by atoms with E-state index in [-0.39, 0.29) is 12.1 Å². The maximum atomic E-state index is 11.5. The van der Waals surface area contributed by atoms with Gasteiger partial charge in [-0.2, -0.15) is 0 Å². The molecule has 1 heterocycles. The molecule has 1 aliphatic heterocycles. The Morgan fingerprint density at radius 2 is 2.13 bits per heavy atom. The van der Waals surface area contributed by atoms with Gasteiger partial charge >= 0.3 is 6.09 Å². The van der Waals surface area contributed by atoms with E-state index < -0.39 is 0 Å². The first-order valence-electron chi connectivity index (χ1n) is 4.89. The van der Waals surface area contributed by atoms with Gasteiger partial charge in [0.2, 0.25) is 0 Å². The Balaban J connectivity index is 2.22. The third-order valence-electron chi connectivity index (χ3n) is 2.51. The maximum Gasteiger partial charge on any atom is 0.410 e. The standard InChI is InChI=1S/C12H13NO2/c1-15-12(14)13-9-5-8-11(13)10-6-3-2-4-7-10/h2-8,11H,9H2,1H3. The summed E-state index contributed by atoms with van der Waals surface area (Å²) in [5.41, 5.74) is 1.11. The number of nitrogens with zero attached hydrogens (tertiary/aromatic N) is 1. The summed E-state index contributed by atoms with van der Waals surface area (Å²) in [4.78, 5) is 13.2. The second-order valence-corrected chi connectivity index (χ2v) is 3.41. The minimum atomic E-state index is -0.283. The molecule has 1 aromatic carbocycles. The normalized spacial score (nSPS) is 19.3. The fraction of sp³-hybridized carbons (Fsp3) is 0.250. The van der Waals surface area contributed by atoms with Crippen molar-refractivity contribution in [1.82, 2.24) is 4.90 Å². The lowest BCUT2D eigenvalue weighted by Crippen LogP contribution is -2.30. The van der Waals surface area contributed by atoms with Crippen molar-refractivity contribution in [3.63, 3.8) is 0 Å². The molecule has 3 nitrogen and oxygen atoms in total. The molecule has 0 fully saturated rings. The van der Waals surface area contributed by atoms with Gasteiger partial charge in [0.05, 0.1) is 13.2 Å². The van der Waals surface area contributed by atoms with E-state index in [2.05, 4.69) is 0 Å². The van der Waals surface area contributed by atoms with Crippen LogP contribution >= 0.6 is 0 Å². The van der Waals surface area contributed by atoms with Gasteiger partial charge in [0.15, 0.2) is 0 Å². The lowest BCUT2D eigenvalue weighted by atomic mass is 10.1. The Kier molecular flexibility index (Phi) is 2.72. The van der Waals surface area contributed by atoms with Crippen molar-refractivity contribution < 1.29 is 9.53 Å². The van der Waals surface area contributed by atoms with Crippen LogP contribution in [0, 0.1) is 0 Å². The van der Waals surface area contributed by atoms with Crippen LogP contribution in [-0.4, -0.2) is 24.6 Å². The molecule has 3 heteroatoms. The summed E-state index contributed by atoms with van der Waals surface area (Å²) in [5.74, 6) is 0. The van der Waals surface area contributed by atoms with Crippen LogP contribution in [0.5, 0.6) is 0 Å². The predicted octanol–water partition coefficient (Wildman–Crippen LogP) is 2.37. The minimum Gasteiger partial charge on any atom is -0.453 e. The third-order valence-corrected chi connectivity index (χ3v) is 2.51. The Morgan fingerprint density at radius 3 is 2.80 bits per heavy atom. The highest BCUT2D eigenvalue weighted by Gasteiger charge is 2.26. The molecule has 15 heavy (non-hydrogen) atoms. The van der Waals surface area contributed by atoms with Gasteiger partial charge in [-0.1, -0.05) is 42.5 Å². The Labute approximate surface area is 89.0 Å². The molecule has 1 amide bonds. The zero-order valence-corrected chi connectivity index (χ0v) is 8.59. The van der Waals surface area contributed by atoms with E-state index in [1.807, 2.05) is 42.5 Å². The number of hydrogen-bond donors (Lipinski definition) is 0. The summed E-state index contributed by atoms with van der Waals surface area (Å²) in [5, 5.41) is 0. The summed E-state index contributed by atoms with van der Waals surface area (Å²) in [7, 11) is 1.41. The number of amides is 1. The molecule has 1 atom stereocenters. The van der Waals surface area contributed by atoms with Crippen LogP contribution in [0.15, 0.2) is 42.5 Å². The molecule has 1 aromatic rings. The molecule has 0 radical (unpaired) electrons. The first-order chi connectivity index (χ1) is 7.33. The van der Waals surface area contributed by atoms with Gasteiger partial charge in [-0.05, 0) is 5.56 Å². The van der Waals surface area contributed by atoms with E-state index in [4.69, 9.17) is 4.74 Å². The molecule has 78 valence electrons. The van der Waals surface area contributed by atoms with Gasteiger partial charge < -0.3 is 4.74 Å². The van der Waals surface area contributed by atoms with Crippen LogP contribution in [-0.2, 0) is 4.74 Å². The van der Waals surface area contributed by atoms with Gasteiger partial charge in [-0.3, -0.25) is 4.90 Å². The molecule has 0 saturated carbocycles. The summed E-state index contributed by atoms with van der Waals surface area (Å²) in [6.07, 6.45) is 3.72. The first kappa shape index (κ1) is 9.77. The van der Waals surface area contributed by atoms with Crippen LogP contribution in [0.2, 0.25) is 0 Å². The average molecular weight is 203 g/mol. The van der Waals surface area contributed by atoms with E-state index in [1.165, 1.54) is 7.11 Å². The fourth-order valence-corrected chi connectivity index (χ4v) is 1.77. The van der Waals surface area contributed by atoms with Crippen LogP contribution in [0.1, 0.15) is 11.6 Å². The van der Waals surface area contributed by atoms with Crippen molar-refractivity contribution in [3.8, 4) is 0 Å². The summed E-state index contributed by atoms with van der Waals surface area (Å²) < 4.78 is 4.73. The summed E-state index contributed by atoms with van der Waals surface area (Å²) >= 11 is 0. The van der Waals surface area contributed by atoms with Crippen LogP contribution in [0.25, 0.3) is 0 Å². The fourth-order valence-electron chi connectivity index (χ4n) is 1.77. The van der Waals surface area contributed by atoms with Gasteiger partial charge in [0.25, 0.3) is 0 Å². The van der Waals surface area contributed by atoms with Crippen molar-refractivity contribution in [1.29, 1.82) is 0 Å². The smallest absolute Gasteiger partial charge is 0.410 e. The molecule has 0 N–H and O–H groups in total. The van der Waals surface area contributed by atoms with Gasteiger partial charge in [0.1, 0.15) is 0 Å². The van der Waals surface area contributed by atoms with Crippen LogP contribution < -0.4 is 0 Å². The zero-order chi connectivity index (χ0) is 10.7. The van der Waals surface area contributed by atoms with Crippen molar-refractivity contribution in [2.45, 2.75) is 6.04 Å². The van der Waals surface area contributed by atoms with E-state index in [0.717, 1.165) is 5.56 Å². The molecule has 0 spiro atoms. The highest BCUT2D eigenvalue weighted by molar-refractivity contribution is 5.69. The number of benzene rings is 1. The molecule has 1 aliphatic rings. The van der Waals surface area contributed by atoms with Gasteiger partial charge in [0, 0.05) is 6.54 Å². The second kappa shape index (κ2) is 4.17. The minimum absolute atomic E-state index is 0.0126. The van der Waals surface area contributed by atoms with E-state index in [1.54, 1.807) is 4.90 Å². The largest absolute Gasteiger partial charge is 0.453 e. The molecule has 1 unspecified atom stereocenters. The van der Waals surface area contributed by atoms with Gasteiger partial charge in [-0.25, -0.2) is 4.79 Å². The monoisotopic (exact) mass is 203 g/mol. The number of carbonyl (C=O) groups excluding carboxylic acids is 1. The average Bonchev–Trinajstić information content (AvgIpc) is 2.78. The molecule has 0 aromatic heterocycles. The number of ether oxygens (including phenoxy) is 1. The number of rotatable bonds is 1.